The van der Waals surface area contributed by atoms with E-state index in [-0.39, 0.29) is 11.9 Å². The predicted molar refractivity (Wildman–Crippen MR) is 122 cm³/mol. The van der Waals surface area contributed by atoms with Crippen LogP contribution in [0.25, 0.3) is 0 Å². The average Bonchev–Trinajstić information content (AvgIpc) is 3.55. The standard InChI is InChI=1S/C22H25ClFN7O/c1-13(14-4-6-16(24)7-5-14)25-22-27-20(26-18-12-17(29-30-18)15-2-3-15)19(23)21(28-22)31-8-10-32-11-9-31/h4-7,12-13,15H,2-3,8-11H2,1H3,(H3,25,26,27,28,29,30)/t13-/m0/s1. The molecule has 168 valence electrons. The Morgan fingerprint density at radius 2 is 1.94 bits per heavy atom. The van der Waals surface area contributed by atoms with E-state index >= 15 is 0 Å². The number of aromatic amines is 1. The van der Waals surface area contributed by atoms with Crippen LogP contribution in [0.15, 0.2) is 30.3 Å². The fourth-order valence-electron chi connectivity index (χ4n) is 3.72. The first kappa shape index (κ1) is 21.0. The summed E-state index contributed by atoms with van der Waals surface area (Å²) in [6, 6.07) is 8.24. The molecule has 1 aliphatic carbocycles. The largest absolute Gasteiger partial charge is 0.378 e. The summed E-state index contributed by atoms with van der Waals surface area (Å²) in [7, 11) is 0. The van der Waals surface area contributed by atoms with Gasteiger partial charge in [0.2, 0.25) is 5.95 Å². The van der Waals surface area contributed by atoms with Crippen LogP contribution < -0.4 is 15.5 Å². The monoisotopic (exact) mass is 457 g/mol. The zero-order chi connectivity index (χ0) is 22.1. The third-order valence-corrected chi connectivity index (χ3v) is 6.07. The van der Waals surface area contributed by atoms with Crippen molar-refractivity contribution in [3.8, 4) is 0 Å². The van der Waals surface area contributed by atoms with Gasteiger partial charge in [-0.3, -0.25) is 5.10 Å². The Morgan fingerprint density at radius 1 is 1.19 bits per heavy atom. The van der Waals surface area contributed by atoms with Crippen LogP contribution in [0.2, 0.25) is 5.02 Å². The van der Waals surface area contributed by atoms with Gasteiger partial charge >= 0.3 is 0 Å². The third kappa shape index (κ3) is 4.63. The molecule has 32 heavy (non-hydrogen) atoms. The summed E-state index contributed by atoms with van der Waals surface area (Å²) < 4.78 is 18.8. The zero-order valence-electron chi connectivity index (χ0n) is 17.7. The van der Waals surface area contributed by atoms with Gasteiger partial charge in [-0.25, -0.2) is 4.39 Å². The van der Waals surface area contributed by atoms with Gasteiger partial charge in [-0.05, 0) is 37.5 Å². The van der Waals surface area contributed by atoms with Crippen molar-refractivity contribution in [1.82, 2.24) is 20.2 Å². The molecule has 1 saturated carbocycles. The molecule has 0 unspecified atom stereocenters. The molecule has 1 aromatic carbocycles. The van der Waals surface area contributed by atoms with E-state index in [9.17, 15) is 4.39 Å². The highest BCUT2D eigenvalue weighted by atomic mass is 35.5. The number of ether oxygens (including phenoxy) is 1. The van der Waals surface area contributed by atoms with Crippen molar-refractivity contribution >= 4 is 35.0 Å². The molecule has 2 aliphatic rings. The van der Waals surface area contributed by atoms with Crippen LogP contribution in [0.4, 0.5) is 27.8 Å². The summed E-state index contributed by atoms with van der Waals surface area (Å²) in [5.74, 6) is 2.50. The summed E-state index contributed by atoms with van der Waals surface area (Å²) in [5, 5.41) is 14.4. The summed E-state index contributed by atoms with van der Waals surface area (Å²) in [6.45, 7) is 4.58. The van der Waals surface area contributed by atoms with Gasteiger partial charge in [-0.15, -0.1) is 0 Å². The number of anilines is 4. The van der Waals surface area contributed by atoms with Crippen LogP contribution in [0.3, 0.4) is 0 Å². The van der Waals surface area contributed by atoms with Gasteiger partial charge in [0.15, 0.2) is 17.5 Å². The lowest BCUT2D eigenvalue weighted by Gasteiger charge is -2.29. The van der Waals surface area contributed by atoms with E-state index < -0.39 is 0 Å². The minimum absolute atomic E-state index is 0.131. The molecule has 0 radical (unpaired) electrons. The smallest absolute Gasteiger partial charge is 0.227 e. The van der Waals surface area contributed by atoms with E-state index in [2.05, 4.69) is 30.7 Å². The van der Waals surface area contributed by atoms with Crippen molar-refractivity contribution in [2.24, 2.45) is 0 Å². The van der Waals surface area contributed by atoms with E-state index in [0.29, 0.717) is 60.6 Å². The molecule has 0 amide bonds. The molecule has 3 heterocycles. The Balaban J connectivity index is 1.44. The topological polar surface area (TPSA) is 91.0 Å². The SMILES string of the molecule is C[C@H](Nc1nc(Nc2cc(C3CC3)[nH]n2)c(Cl)c(N2CCOCC2)n1)c1ccc(F)cc1. The van der Waals surface area contributed by atoms with Gasteiger partial charge in [-0.2, -0.15) is 15.1 Å². The molecule has 2 aromatic heterocycles. The highest BCUT2D eigenvalue weighted by molar-refractivity contribution is 6.35. The number of morpholine rings is 1. The lowest BCUT2D eigenvalue weighted by molar-refractivity contribution is 0.122. The quantitative estimate of drug-likeness (QED) is 0.476. The van der Waals surface area contributed by atoms with Crippen molar-refractivity contribution in [3.05, 3.63) is 52.4 Å². The van der Waals surface area contributed by atoms with Crippen molar-refractivity contribution < 1.29 is 9.13 Å². The van der Waals surface area contributed by atoms with E-state index in [1.807, 2.05) is 13.0 Å². The van der Waals surface area contributed by atoms with Gasteiger partial charge in [0.05, 0.1) is 19.3 Å². The molecule has 1 saturated heterocycles. The number of nitrogens with zero attached hydrogens (tertiary/aromatic N) is 4. The fraction of sp³-hybridized carbons (Fsp3) is 0.409. The molecule has 3 N–H and O–H groups in total. The Hall–Kier alpha value is -2.91. The minimum Gasteiger partial charge on any atom is -0.378 e. The molecule has 1 atom stereocenters. The number of aromatic nitrogens is 4. The van der Waals surface area contributed by atoms with Crippen LogP contribution in [0.5, 0.6) is 0 Å². The second kappa shape index (κ2) is 8.91. The van der Waals surface area contributed by atoms with E-state index in [1.165, 1.54) is 25.0 Å². The van der Waals surface area contributed by atoms with Crippen molar-refractivity contribution in [3.63, 3.8) is 0 Å². The van der Waals surface area contributed by atoms with Gasteiger partial charge in [0, 0.05) is 30.8 Å². The molecule has 1 aliphatic heterocycles. The normalized spacial score (nSPS) is 17.3. The van der Waals surface area contributed by atoms with Crippen LogP contribution in [-0.2, 0) is 4.74 Å². The number of nitrogens with one attached hydrogen (secondary N) is 3. The van der Waals surface area contributed by atoms with Crippen molar-refractivity contribution in [2.45, 2.75) is 31.7 Å². The number of H-pyrrole nitrogens is 1. The van der Waals surface area contributed by atoms with E-state index in [4.69, 9.17) is 21.3 Å². The Kier molecular flexibility index (Phi) is 5.84. The van der Waals surface area contributed by atoms with Gasteiger partial charge in [0.25, 0.3) is 0 Å². The molecular weight excluding hydrogens is 433 g/mol. The number of halogens is 2. The second-order valence-electron chi connectivity index (χ2n) is 8.16. The predicted octanol–water partition coefficient (Wildman–Crippen LogP) is 4.62. The number of hydrogen-bond acceptors (Lipinski definition) is 7. The number of hydrogen-bond donors (Lipinski definition) is 3. The molecule has 0 spiro atoms. The maximum absolute atomic E-state index is 13.3. The van der Waals surface area contributed by atoms with E-state index in [0.717, 1.165) is 11.3 Å². The first-order valence-corrected chi connectivity index (χ1v) is 11.2. The molecule has 8 nitrogen and oxygen atoms in total. The van der Waals surface area contributed by atoms with Crippen LogP contribution >= 0.6 is 11.6 Å². The first-order valence-electron chi connectivity index (χ1n) is 10.8. The van der Waals surface area contributed by atoms with Crippen LogP contribution in [-0.4, -0.2) is 46.5 Å². The molecule has 10 heteroatoms. The Bertz CT molecular complexity index is 1080. The van der Waals surface area contributed by atoms with Gasteiger partial charge < -0.3 is 20.3 Å². The molecule has 3 aromatic rings. The maximum Gasteiger partial charge on any atom is 0.227 e. The minimum atomic E-state index is -0.269. The second-order valence-corrected chi connectivity index (χ2v) is 8.54. The van der Waals surface area contributed by atoms with Gasteiger partial charge in [-0.1, -0.05) is 23.7 Å². The number of rotatable bonds is 7. The highest BCUT2D eigenvalue weighted by Gasteiger charge is 2.26. The van der Waals surface area contributed by atoms with Crippen LogP contribution in [0, 0.1) is 5.82 Å². The third-order valence-electron chi connectivity index (χ3n) is 5.72. The van der Waals surface area contributed by atoms with Crippen molar-refractivity contribution in [2.75, 3.05) is 41.8 Å². The average molecular weight is 458 g/mol. The summed E-state index contributed by atoms with van der Waals surface area (Å²) in [6.07, 6.45) is 2.37. The summed E-state index contributed by atoms with van der Waals surface area (Å²) in [5.41, 5.74) is 2.04. The van der Waals surface area contributed by atoms with Gasteiger partial charge in [0.1, 0.15) is 10.8 Å². The van der Waals surface area contributed by atoms with E-state index in [1.54, 1.807) is 12.1 Å². The first-order chi connectivity index (χ1) is 15.6. The molecule has 2 fully saturated rings. The highest BCUT2D eigenvalue weighted by Crippen LogP contribution is 2.40. The summed E-state index contributed by atoms with van der Waals surface area (Å²) >= 11 is 6.74. The lowest BCUT2D eigenvalue weighted by Crippen LogP contribution is -2.37. The fourth-order valence-corrected chi connectivity index (χ4v) is 3.97. The maximum atomic E-state index is 13.3. The lowest BCUT2D eigenvalue weighted by atomic mass is 10.1. The Labute approximate surface area is 190 Å². The molecule has 5 rings (SSSR count). The van der Waals surface area contributed by atoms with Crippen LogP contribution in [0.1, 0.15) is 43.0 Å². The molecular formula is C22H25ClFN7O. The molecule has 0 bridgehead atoms. The zero-order valence-corrected chi connectivity index (χ0v) is 18.5. The number of benzene rings is 1. The Morgan fingerprint density at radius 3 is 2.66 bits per heavy atom. The van der Waals surface area contributed by atoms with Crippen molar-refractivity contribution in [1.29, 1.82) is 0 Å². The summed E-state index contributed by atoms with van der Waals surface area (Å²) in [4.78, 5) is 11.4.